The smallest absolute Gasteiger partial charge is 0.251 e. The summed E-state index contributed by atoms with van der Waals surface area (Å²) in [7, 11) is -3.53. The second kappa shape index (κ2) is 7.21. The van der Waals surface area contributed by atoms with Crippen LogP contribution in [-0.4, -0.2) is 44.8 Å². The van der Waals surface area contributed by atoms with Gasteiger partial charge in [-0.1, -0.05) is 12.5 Å². The Bertz CT molecular complexity index is 637. The van der Waals surface area contributed by atoms with Crippen molar-refractivity contribution in [2.45, 2.75) is 31.1 Å². The second-order valence-electron chi connectivity index (χ2n) is 5.49. The maximum absolute atomic E-state index is 12.7. The molecule has 7 heteroatoms. The molecule has 1 saturated heterocycles. The lowest BCUT2D eigenvalue weighted by atomic mass is 10.1. The van der Waals surface area contributed by atoms with Crippen molar-refractivity contribution >= 4 is 15.9 Å². The van der Waals surface area contributed by atoms with E-state index in [1.165, 1.54) is 10.4 Å². The average Bonchev–Trinajstić information content (AvgIpc) is 2.53. The number of nitrogens with one attached hydrogen (secondary N) is 1. The van der Waals surface area contributed by atoms with E-state index in [1.54, 1.807) is 19.1 Å². The minimum atomic E-state index is -3.53. The van der Waals surface area contributed by atoms with E-state index in [-0.39, 0.29) is 10.8 Å². The van der Waals surface area contributed by atoms with Crippen LogP contribution in [0.15, 0.2) is 23.1 Å². The number of carbonyl (C=O) groups is 1. The Kier molecular flexibility index (Phi) is 5.55. The first-order chi connectivity index (χ1) is 10.5. The summed E-state index contributed by atoms with van der Waals surface area (Å²) < 4.78 is 26.8. The van der Waals surface area contributed by atoms with Crippen molar-refractivity contribution in [1.82, 2.24) is 9.62 Å². The minimum absolute atomic E-state index is 0.179. The number of hydrogen-bond acceptors (Lipinski definition) is 4. The molecule has 1 amide bonds. The summed E-state index contributed by atoms with van der Waals surface area (Å²) in [5, 5.41) is 2.68. The van der Waals surface area contributed by atoms with Gasteiger partial charge in [0.15, 0.2) is 0 Å². The molecule has 1 heterocycles. The fourth-order valence-electron chi connectivity index (χ4n) is 2.54. The van der Waals surface area contributed by atoms with Crippen LogP contribution in [0.2, 0.25) is 0 Å². The maximum Gasteiger partial charge on any atom is 0.251 e. The molecule has 1 aromatic rings. The molecule has 0 bridgehead atoms. The van der Waals surface area contributed by atoms with E-state index in [4.69, 9.17) is 5.73 Å². The summed E-state index contributed by atoms with van der Waals surface area (Å²) in [5.74, 6) is -0.293. The molecule has 1 fully saturated rings. The van der Waals surface area contributed by atoms with Crippen LogP contribution in [0.25, 0.3) is 0 Å². The average molecular weight is 325 g/mol. The summed E-state index contributed by atoms with van der Waals surface area (Å²) in [6.07, 6.45) is 2.83. The Morgan fingerprint density at radius 3 is 2.59 bits per heavy atom. The number of nitrogens with two attached hydrogens (primary N) is 1. The first kappa shape index (κ1) is 16.9. The maximum atomic E-state index is 12.7. The standard InChI is InChI=1S/C15H23N3O3S/c1-12-5-6-13(11-14(12)15(19)17-8-7-16)22(20,21)18-9-3-2-4-10-18/h5-6,11H,2-4,7-10,16H2,1H3,(H,17,19). The van der Waals surface area contributed by atoms with Crippen LogP contribution in [0.3, 0.4) is 0 Å². The topological polar surface area (TPSA) is 92.5 Å². The van der Waals surface area contributed by atoms with E-state index >= 15 is 0 Å². The van der Waals surface area contributed by atoms with Crippen molar-refractivity contribution in [1.29, 1.82) is 0 Å². The van der Waals surface area contributed by atoms with Crippen LogP contribution in [0.5, 0.6) is 0 Å². The number of hydrogen-bond donors (Lipinski definition) is 2. The van der Waals surface area contributed by atoms with E-state index in [0.29, 0.717) is 31.7 Å². The Morgan fingerprint density at radius 2 is 1.95 bits per heavy atom. The van der Waals surface area contributed by atoms with Gasteiger partial charge in [0.2, 0.25) is 10.0 Å². The van der Waals surface area contributed by atoms with Crippen LogP contribution < -0.4 is 11.1 Å². The van der Waals surface area contributed by atoms with Gasteiger partial charge in [0, 0.05) is 31.7 Å². The quantitative estimate of drug-likeness (QED) is 0.840. The van der Waals surface area contributed by atoms with E-state index in [0.717, 1.165) is 24.8 Å². The summed E-state index contributed by atoms with van der Waals surface area (Å²) in [4.78, 5) is 12.3. The van der Waals surface area contributed by atoms with Crippen molar-refractivity contribution in [3.05, 3.63) is 29.3 Å². The van der Waals surface area contributed by atoms with Crippen molar-refractivity contribution < 1.29 is 13.2 Å². The molecule has 122 valence electrons. The zero-order valence-electron chi connectivity index (χ0n) is 12.8. The zero-order valence-corrected chi connectivity index (χ0v) is 13.7. The molecular weight excluding hydrogens is 302 g/mol. The van der Waals surface area contributed by atoms with Gasteiger partial charge in [-0.2, -0.15) is 4.31 Å². The number of benzene rings is 1. The second-order valence-corrected chi connectivity index (χ2v) is 7.42. The summed E-state index contributed by atoms with van der Waals surface area (Å²) in [6.45, 7) is 3.59. The number of carbonyl (C=O) groups excluding carboxylic acids is 1. The van der Waals surface area contributed by atoms with Gasteiger partial charge in [-0.25, -0.2) is 8.42 Å². The van der Waals surface area contributed by atoms with Crippen molar-refractivity contribution in [2.75, 3.05) is 26.2 Å². The van der Waals surface area contributed by atoms with Crippen LogP contribution in [-0.2, 0) is 10.0 Å². The third kappa shape index (κ3) is 3.66. The van der Waals surface area contributed by atoms with Crippen LogP contribution in [0, 0.1) is 6.92 Å². The number of sulfonamides is 1. The predicted molar refractivity (Wildman–Crippen MR) is 85.2 cm³/mol. The monoisotopic (exact) mass is 325 g/mol. The fraction of sp³-hybridized carbons (Fsp3) is 0.533. The van der Waals surface area contributed by atoms with Gasteiger partial charge in [-0.3, -0.25) is 4.79 Å². The summed E-state index contributed by atoms with van der Waals surface area (Å²) in [5.41, 5.74) is 6.50. The highest BCUT2D eigenvalue weighted by Crippen LogP contribution is 2.22. The molecule has 22 heavy (non-hydrogen) atoms. The van der Waals surface area contributed by atoms with Gasteiger partial charge in [-0.15, -0.1) is 0 Å². The predicted octanol–water partition coefficient (Wildman–Crippen LogP) is 0.858. The lowest BCUT2D eigenvalue weighted by molar-refractivity contribution is 0.0954. The van der Waals surface area contributed by atoms with Gasteiger partial charge >= 0.3 is 0 Å². The van der Waals surface area contributed by atoms with E-state index in [2.05, 4.69) is 5.32 Å². The fourth-order valence-corrected chi connectivity index (χ4v) is 4.09. The van der Waals surface area contributed by atoms with Gasteiger partial charge in [0.05, 0.1) is 4.90 Å². The van der Waals surface area contributed by atoms with Gasteiger partial charge in [0.25, 0.3) is 5.91 Å². The molecular formula is C15H23N3O3S. The number of piperidine rings is 1. The molecule has 1 aliphatic heterocycles. The Balaban J connectivity index is 2.30. The first-order valence-electron chi connectivity index (χ1n) is 7.56. The van der Waals surface area contributed by atoms with Gasteiger partial charge in [0.1, 0.15) is 0 Å². The molecule has 0 aliphatic carbocycles. The third-order valence-electron chi connectivity index (χ3n) is 3.84. The molecule has 2 rings (SSSR count). The van der Waals surface area contributed by atoms with Crippen molar-refractivity contribution in [3.8, 4) is 0 Å². The van der Waals surface area contributed by atoms with E-state index in [1.807, 2.05) is 0 Å². The highest BCUT2D eigenvalue weighted by Gasteiger charge is 2.26. The van der Waals surface area contributed by atoms with Crippen molar-refractivity contribution in [3.63, 3.8) is 0 Å². The molecule has 0 unspecified atom stereocenters. The third-order valence-corrected chi connectivity index (χ3v) is 5.73. The molecule has 0 atom stereocenters. The lowest BCUT2D eigenvalue weighted by Gasteiger charge is -2.26. The van der Waals surface area contributed by atoms with Crippen molar-refractivity contribution in [2.24, 2.45) is 5.73 Å². The molecule has 0 saturated carbocycles. The van der Waals surface area contributed by atoms with Gasteiger partial charge < -0.3 is 11.1 Å². The number of aryl methyl sites for hydroxylation is 1. The molecule has 6 nitrogen and oxygen atoms in total. The summed E-state index contributed by atoms with van der Waals surface area (Å²) in [6, 6.07) is 4.71. The van der Waals surface area contributed by atoms with Crippen LogP contribution in [0.1, 0.15) is 35.2 Å². The summed E-state index contributed by atoms with van der Waals surface area (Å²) >= 11 is 0. The number of rotatable bonds is 5. The largest absolute Gasteiger partial charge is 0.351 e. The molecule has 3 N–H and O–H groups in total. The lowest BCUT2D eigenvalue weighted by Crippen LogP contribution is -2.36. The SMILES string of the molecule is Cc1ccc(S(=O)(=O)N2CCCCC2)cc1C(=O)NCCN. The minimum Gasteiger partial charge on any atom is -0.351 e. The van der Waals surface area contributed by atoms with Crippen LogP contribution >= 0.6 is 0 Å². The first-order valence-corrected chi connectivity index (χ1v) is 9.00. The van der Waals surface area contributed by atoms with Gasteiger partial charge in [-0.05, 0) is 37.5 Å². The molecule has 0 aromatic heterocycles. The zero-order chi connectivity index (χ0) is 16.2. The number of nitrogens with zero attached hydrogens (tertiary/aromatic N) is 1. The number of amides is 1. The molecule has 0 spiro atoms. The molecule has 1 aromatic carbocycles. The normalized spacial score (nSPS) is 16.5. The van der Waals surface area contributed by atoms with Crippen LogP contribution in [0.4, 0.5) is 0 Å². The molecule has 0 radical (unpaired) electrons. The van der Waals surface area contributed by atoms with E-state index < -0.39 is 10.0 Å². The highest BCUT2D eigenvalue weighted by molar-refractivity contribution is 7.89. The molecule has 1 aliphatic rings. The Labute approximate surface area is 131 Å². The highest BCUT2D eigenvalue weighted by atomic mass is 32.2. The Hall–Kier alpha value is -1.44. The Morgan fingerprint density at radius 1 is 1.27 bits per heavy atom. The van der Waals surface area contributed by atoms with E-state index in [9.17, 15) is 13.2 Å².